The molecule has 0 bridgehead atoms. The van der Waals surface area contributed by atoms with Crippen molar-refractivity contribution in [2.24, 2.45) is 5.41 Å². The Morgan fingerprint density at radius 3 is 2.47 bits per heavy atom. The van der Waals surface area contributed by atoms with Crippen LogP contribution in [0.4, 0.5) is 5.69 Å². The van der Waals surface area contributed by atoms with Crippen LogP contribution in [-0.4, -0.2) is 61.9 Å². The lowest BCUT2D eigenvalue weighted by Gasteiger charge is -2.48. The topological polar surface area (TPSA) is 73.2 Å². The number of aliphatic hydroxyl groups excluding tert-OH is 1. The van der Waals surface area contributed by atoms with Crippen LogP contribution in [0, 0.1) is 12.3 Å². The van der Waals surface area contributed by atoms with Gasteiger partial charge in [-0.25, -0.2) is 0 Å². The molecule has 2 aliphatic rings. The van der Waals surface area contributed by atoms with Gasteiger partial charge in [0.15, 0.2) is 0 Å². The summed E-state index contributed by atoms with van der Waals surface area (Å²) in [6.45, 7) is 12.5. The van der Waals surface area contributed by atoms with Gasteiger partial charge in [0.1, 0.15) is 18.5 Å². The number of hydrogen-bond donors (Lipinski definition) is 1. The second-order valence-electron chi connectivity index (χ2n) is 8.63. The van der Waals surface area contributed by atoms with Crippen molar-refractivity contribution >= 4 is 5.69 Å². The lowest BCUT2D eigenvalue weighted by molar-refractivity contribution is -0.101. The molecule has 7 nitrogen and oxygen atoms in total. The van der Waals surface area contributed by atoms with E-state index in [9.17, 15) is 9.90 Å². The summed E-state index contributed by atoms with van der Waals surface area (Å²) in [5.41, 5.74) is 2.98. The first kappa shape index (κ1) is 24.3. The van der Waals surface area contributed by atoms with E-state index < -0.39 is 0 Å². The monoisotopic (exact) mass is 444 g/mol. The molecule has 4 rings (SSSR count). The molecule has 2 aliphatic heterocycles. The van der Waals surface area contributed by atoms with Gasteiger partial charge >= 0.3 is 0 Å². The molecular weight excluding hydrogens is 408 g/mol. The van der Waals surface area contributed by atoms with Gasteiger partial charge < -0.3 is 28.8 Å². The Balaban J connectivity index is 0.00000141. The lowest BCUT2D eigenvalue weighted by atomic mass is 9.82. The van der Waals surface area contributed by atoms with Gasteiger partial charge in [-0.1, -0.05) is 32.9 Å². The Hall–Kier alpha value is -2.35. The summed E-state index contributed by atoms with van der Waals surface area (Å²) in [5, 5.41) is 9.41. The average molecular weight is 445 g/mol. The van der Waals surface area contributed by atoms with Crippen molar-refractivity contribution in [2.45, 2.75) is 40.3 Å². The highest BCUT2D eigenvalue weighted by Crippen LogP contribution is 2.33. The van der Waals surface area contributed by atoms with Crippen LogP contribution in [0.5, 0.6) is 5.75 Å². The second-order valence-corrected chi connectivity index (χ2v) is 8.63. The van der Waals surface area contributed by atoms with Crippen molar-refractivity contribution in [3.05, 3.63) is 58.0 Å². The number of hydrogen-bond acceptors (Lipinski definition) is 6. The van der Waals surface area contributed by atoms with Crippen LogP contribution >= 0.6 is 0 Å². The van der Waals surface area contributed by atoms with E-state index in [2.05, 4.69) is 36.1 Å². The number of anilines is 1. The minimum Gasteiger partial charge on any atom is -0.491 e. The minimum atomic E-state index is -0.0957. The molecule has 0 aliphatic carbocycles. The summed E-state index contributed by atoms with van der Waals surface area (Å²) >= 11 is 0. The van der Waals surface area contributed by atoms with Crippen molar-refractivity contribution in [3.8, 4) is 5.75 Å². The zero-order valence-corrected chi connectivity index (χ0v) is 19.7. The first-order valence-corrected chi connectivity index (χ1v) is 11.4. The summed E-state index contributed by atoms with van der Waals surface area (Å²) in [6.07, 6.45) is -0.0957. The molecule has 3 heterocycles. The molecule has 1 N–H and O–H groups in total. The van der Waals surface area contributed by atoms with Crippen molar-refractivity contribution in [1.29, 1.82) is 0 Å². The van der Waals surface area contributed by atoms with Gasteiger partial charge in [-0.15, -0.1) is 0 Å². The van der Waals surface area contributed by atoms with Crippen LogP contribution in [0.2, 0.25) is 0 Å². The Morgan fingerprint density at radius 1 is 1.16 bits per heavy atom. The standard InChI is InChI=1S/C23H30N2O5.C2H6/c1-17-9-20(30-13-21-12-28-7-8-29-21)10-22(27)25(17)11-18-3-5-19(6-4-18)24-14-23(2,15-24)16-26;1-2/h3-6,9-10,21,26H,7-8,11-16H2,1-2H3;1-2H3. The van der Waals surface area contributed by atoms with E-state index in [4.69, 9.17) is 14.2 Å². The first-order valence-electron chi connectivity index (χ1n) is 11.4. The molecule has 1 unspecified atom stereocenters. The highest BCUT2D eigenvalue weighted by atomic mass is 16.6. The third kappa shape index (κ3) is 5.91. The number of pyridine rings is 1. The van der Waals surface area contributed by atoms with Crippen molar-refractivity contribution in [2.75, 3.05) is 51.0 Å². The summed E-state index contributed by atoms with van der Waals surface area (Å²) < 4.78 is 18.4. The minimum absolute atomic E-state index is 0.00302. The number of aromatic nitrogens is 1. The maximum atomic E-state index is 12.6. The largest absolute Gasteiger partial charge is 0.491 e. The molecule has 1 aromatic heterocycles. The number of rotatable bonds is 7. The molecule has 2 fully saturated rings. The molecule has 176 valence electrons. The molecule has 2 saturated heterocycles. The summed E-state index contributed by atoms with van der Waals surface area (Å²) in [5.74, 6) is 0.558. The fourth-order valence-corrected chi connectivity index (χ4v) is 3.96. The third-order valence-electron chi connectivity index (χ3n) is 5.80. The molecule has 0 amide bonds. The summed E-state index contributed by atoms with van der Waals surface area (Å²) in [6, 6.07) is 11.7. The smallest absolute Gasteiger partial charge is 0.254 e. The molecule has 0 spiro atoms. The normalized spacial score (nSPS) is 19.5. The maximum Gasteiger partial charge on any atom is 0.254 e. The zero-order valence-electron chi connectivity index (χ0n) is 19.7. The summed E-state index contributed by atoms with van der Waals surface area (Å²) in [7, 11) is 0. The maximum absolute atomic E-state index is 12.6. The third-order valence-corrected chi connectivity index (χ3v) is 5.80. The second kappa shape index (κ2) is 11.0. The predicted octanol–water partition coefficient (Wildman–Crippen LogP) is 2.84. The fourth-order valence-electron chi connectivity index (χ4n) is 3.96. The molecule has 1 aromatic carbocycles. The van der Waals surface area contributed by atoms with Gasteiger partial charge in [0.05, 0.1) is 33.0 Å². The van der Waals surface area contributed by atoms with Crippen molar-refractivity contribution in [1.82, 2.24) is 4.57 Å². The molecule has 0 saturated carbocycles. The molecule has 7 heteroatoms. The zero-order chi connectivity index (χ0) is 23.1. The van der Waals surface area contributed by atoms with Crippen LogP contribution in [0.25, 0.3) is 0 Å². The van der Waals surface area contributed by atoms with Crippen LogP contribution in [-0.2, 0) is 16.0 Å². The Labute approximate surface area is 190 Å². The predicted molar refractivity (Wildman–Crippen MR) is 126 cm³/mol. The average Bonchev–Trinajstić information content (AvgIpc) is 2.80. The van der Waals surface area contributed by atoms with E-state index in [1.807, 2.05) is 26.8 Å². The van der Waals surface area contributed by atoms with E-state index in [1.165, 1.54) is 6.07 Å². The van der Waals surface area contributed by atoms with Gasteiger partial charge in [0.2, 0.25) is 0 Å². The van der Waals surface area contributed by atoms with Crippen LogP contribution in [0.15, 0.2) is 41.2 Å². The summed E-state index contributed by atoms with van der Waals surface area (Å²) in [4.78, 5) is 14.9. The van der Waals surface area contributed by atoms with Gasteiger partial charge in [-0.2, -0.15) is 0 Å². The number of benzene rings is 1. The highest BCUT2D eigenvalue weighted by molar-refractivity contribution is 5.50. The van der Waals surface area contributed by atoms with Gasteiger partial charge in [-0.3, -0.25) is 4.79 Å². The number of nitrogens with zero attached hydrogens (tertiary/aromatic N) is 2. The van der Waals surface area contributed by atoms with Crippen molar-refractivity contribution in [3.63, 3.8) is 0 Å². The highest BCUT2D eigenvalue weighted by Gasteiger charge is 2.38. The number of ether oxygens (including phenoxy) is 3. The Kier molecular flexibility index (Phi) is 8.34. The molecule has 2 aromatic rings. The molecular formula is C25H36N2O5. The van der Waals surface area contributed by atoms with E-state index in [0.717, 1.165) is 30.0 Å². The lowest BCUT2D eigenvalue weighted by Crippen LogP contribution is -2.56. The van der Waals surface area contributed by atoms with Crippen LogP contribution in [0.3, 0.4) is 0 Å². The molecule has 32 heavy (non-hydrogen) atoms. The van der Waals surface area contributed by atoms with Gasteiger partial charge in [0.25, 0.3) is 5.56 Å². The fraction of sp³-hybridized carbons (Fsp3) is 0.560. The van der Waals surface area contributed by atoms with E-state index in [1.54, 1.807) is 4.57 Å². The molecule has 1 atom stereocenters. The van der Waals surface area contributed by atoms with Crippen LogP contribution in [0.1, 0.15) is 32.0 Å². The Bertz CT molecular complexity index is 913. The molecule has 0 radical (unpaired) electrons. The SMILES string of the molecule is CC.Cc1cc(OCC2COCCO2)cc(=O)n1Cc1ccc(N2CC(C)(CO)C2)cc1. The van der Waals surface area contributed by atoms with Gasteiger partial charge in [-0.05, 0) is 30.7 Å². The van der Waals surface area contributed by atoms with Crippen LogP contribution < -0.4 is 15.2 Å². The number of aliphatic hydroxyl groups is 1. The van der Waals surface area contributed by atoms with E-state index >= 15 is 0 Å². The quantitative estimate of drug-likeness (QED) is 0.708. The van der Waals surface area contributed by atoms with E-state index in [0.29, 0.717) is 38.7 Å². The van der Waals surface area contributed by atoms with Gasteiger partial charge in [0, 0.05) is 36.0 Å². The Morgan fingerprint density at radius 2 is 1.88 bits per heavy atom. The first-order chi connectivity index (χ1) is 15.5. The van der Waals surface area contributed by atoms with E-state index in [-0.39, 0.29) is 23.7 Å². The number of aryl methyl sites for hydroxylation is 1. The van der Waals surface area contributed by atoms with Crippen molar-refractivity contribution < 1.29 is 19.3 Å².